The van der Waals surface area contributed by atoms with Gasteiger partial charge < -0.3 is 15.5 Å². The van der Waals surface area contributed by atoms with Crippen LogP contribution in [0, 0.1) is 11.8 Å². The summed E-state index contributed by atoms with van der Waals surface area (Å²) < 4.78 is 0. The van der Waals surface area contributed by atoms with Gasteiger partial charge in [-0.2, -0.15) is 9.97 Å². The number of carbonyl (C=O) groups excluding carboxylic acids is 4. The Morgan fingerprint density at radius 3 is 1.66 bits per heavy atom. The number of amides is 2. The van der Waals surface area contributed by atoms with Crippen LogP contribution in [0.2, 0.25) is 0 Å². The number of ketones is 2. The van der Waals surface area contributed by atoms with E-state index in [1.165, 1.54) is 0 Å². The Morgan fingerprint density at radius 1 is 0.793 bits per heavy atom. The van der Waals surface area contributed by atoms with Crippen LogP contribution >= 0.6 is 0 Å². The quantitative estimate of drug-likeness (QED) is 0.524. The molecule has 0 aromatic carbocycles. The van der Waals surface area contributed by atoms with Crippen molar-refractivity contribution in [1.82, 2.24) is 25.6 Å². The second kappa shape index (κ2) is 9.06. The molecule has 0 bridgehead atoms. The number of Topliss-reactive ketones (excluding diaryl/α,β-unsaturated/α-hetero) is 2. The van der Waals surface area contributed by atoms with Crippen molar-refractivity contribution in [2.24, 2.45) is 11.8 Å². The van der Waals surface area contributed by atoms with Crippen molar-refractivity contribution in [2.45, 2.75) is 38.5 Å². The molecule has 2 N–H and O–H groups in total. The third kappa shape index (κ3) is 4.75. The van der Waals surface area contributed by atoms with Gasteiger partial charge in [0.15, 0.2) is 0 Å². The lowest BCUT2D eigenvalue weighted by atomic mass is 9.96. The molecule has 0 saturated carbocycles. The van der Waals surface area contributed by atoms with Gasteiger partial charge in [-0.05, 0) is 25.7 Å². The predicted octanol–water partition coefficient (Wildman–Crippen LogP) is 0.136. The Labute approximate surface area is 168 Å². The molecule has 2 aliphatic heterocycles. The minimum Gasteiger partial charge on any atom is -0.355 e. The van der Waals surface area contributed by atoms with Crippen molar-refractivity contribution in [2.75, 3.05) is 32.1 Å². The summed E-state index contributed by atoms with van der Waals surface area (Å²) in [6.45, 7) is 1.06. The first-order valence-corrected chi connectivity index (χ1v) is 9.95. The van der Waals surface area contributed by atoms with Crippen LogP contribution in [-0.2, 0) is 9.59 Å². The van der Waals surface area contributed by atoms with Gasteiger partial charge in [0.2, 0.25) is 41.0 Å². The molecule has 2 atom stereocenters. The number of hydrogen-bond acceptors (Lipinski definition) is 8. The Morgan fingerprint density at radius 2 is 1.24 bits per heavy atom. The molecule has 3 rings (SSSR count). The summed E-state index contributed by atoms with van der Waals surface area (Å²) in [6.07, 6.45) is 3.87. The Balaban J connectivity index is 1.95. The number of nitrogens with zero attached hydrogens (tertiary/aromatic N) is 4. The Bertz CT molecular complexity index is 765. The van der Waals surface area contributed by atoms with Gasteiger partial charge in [0.1, 0.15) is 11.8 Å². The SMILES string of the molecule is CN(C)c1nc(C(=O)C2CCCCNC2=O)nc(C(=O)C2CCCCNC2=O)n1. The molecule has 10 nitrogen and oxygen atoms in total. The largest absolute Gasteiger partial charge is 0.355 e. The molecule has 156 valence electrons. The van der Waals surface area contributed by atoms with Gasteiger partial charge in [-0.25, -0.2) is 4.98 Å². The Hall–Kier alpha value is -2.91. The second-order valence-corrected chi connectivity index (χ2v) is 7.58. The van der Waals surface area contributed by atoms with E-state index in [9.17, 15) is 19.2 Å². The number of hydrogen-bond donors (Lipinski definition) is 2. The van der Waals surface area contributed by atoms with Crippen LogP contribution in [0.5, 0.6) is 0 Å². The summed E-state index contributed by atoms with van der Waals surface area (Å²) in [4.78, 5) is 64.5. The topological polar surface area (TPSA) is 134 Å². The number of carbonyl (C=O) groups is 4. The molecule has 2 fully saturated rings. The van der Waals surface area contributed by atoms with Crippen LogP contribution in [0.3, 0.4) is 0 Å². The minimum absolute atomic E-state index is 0.134. The standard InChI is InChI=1S/C19H26N6O4/c1-25(2)19-23-15(13(26)11-7-3-5-9-20-17(11)28)22-16(24-19)14(27)12-8-4-6-10-21-18(12)29/h11-12H,3-10H2,1-2H3,(H,20,28)(H,21,29). The van der Waals surface area contributed by atoms with E-state index in [0.717, 1.165) is 25.7 Å². The fourth-order valence-corrected chi connectivity index (χ4v) is 3.48. The van der Waals surface area contributed by atoms with Crippen molar-refractivity contribution < 1.29 is 19.2 Å². The number of nitrogens with one attached hydrogen (secondary N) is 2. The predicted molar refractivity (Wildman–Crippen MR) is 104 cm³/mol. The highest BCUT2D eigenvalue weighted by molar-refractivity contribution is 6.10. The van der Waals surface area contributed by atoms with Gasteiger partial charge in [0, 0.05) is 27.2 Å². The van der Waals surface area contributed by atoms with E-state index in [2.05, 4.69) is 25.6 Å². The lowest BCUT2D eigenvalue weighted by molar-refractivity contribution is -0.124. The first-order chi connectivity index (χ1) is 13.9. The molecule has 2 unspecified atom stereocenters. The number of anilines is 1. The van der Waals surface area contributed by atoms with Crippen LogP contribution < -0.4 is 15.5 Å². The molecule has 1 aromatic heterocycles. The summed E-state index contributed by atoms with van der Waals surface area (Å²) in [5, 5.41) is 5.45. The average molecular weight is 402 g/mol. The van der Waals surface area contributed by atoms with Crippen LogP contribution in [0.1, 0.15) is 59.8 Å². The molecule has 1 aromatic rings. The Kier molecular flexibility index (Phi) is 6.50. The zero-order chi connectivity index (χ0) is 21.0. The van der Waals surface area contributed by atoms with E-state index >= 15 is 0 Å². The first kappa shape index (κ1) is 20.8. The average Bonchev–Trinajstić information content (AvgIpc) is 3.06. The molecular weight excluding hydrogens is 376 g/mol. The summed E-state index contributed by atoms with van der Waals surface area (Å²) in [7, 11) is 3.35. The van der Waals surface area contributed by atoms with E-state index in [4.69, 9.17) is 0 Å². The van der Waals surface area contributed by atoms with Crippen molar-refractivity contribution in [3.05, 3.63) is 11.6 Å². The van der Waals surface area contributed by atoms with E-state index < -0.39 is 23.4 Å². The van der Waals surface area contributed by atoms with Crippen LogP contribution in [0.15, 0.2) is 0 Å². The fourth-order valence-electron chi connectivity index (χ4n) is 3.48. The highest BCUT2D eigenvalue weighted by Crippen LogP contribution is 2.20. The van der Waals surface area contributed by atoms with Crippen LogP contribution in [0.4, 0.5) is 5.95 Å². The molecule has 2 saturated heterocycles. The summed E-state index contributed by atoms with van der Waals surface area (Å²) in [5.74, 6) is -3.85. The summed E-state index contributed by atoms with van der Waals surface area (Å²) in [5.41, 5.74) is 0. The molecule has 0 spiro atoms. The van der Waals surface area contributed by atoms with Gasteiger partial charge in [-0.15, -0.1) is 0 Å². The number of rotatable bonds is 5. The van der Waals surface area contributed by atoms with Gasteiger partial charge in [-0.1, -0.05) is 12.8 Å². The zero-order valence-corrected chi connectivity index (χ0v) is 16.7. The van der Waals surface area contributed by atoms with Gasteiger partial charge in [-0.3, -0.25) is 19.2 Å². The van der Waals surface area contributed by atoms with Crippen molar-refractivity contribution in [1.29, 1.82) is 0 Å². The maximum absolute atomic E-state index is 13.0. The highest BCUT2D eigenvalue weighted by atomic mass is 16.2. The molecule has 2 aliphatic rings. The van der Waals surface area contributed by atoms with E-state index in [0.29, 0.717) is 25.9 Å². The third-order valence-electron chi connectivity index (χ3n) is 5.17. The third-order valence-corrected chi connectivity index (χ3v) is 5.17. The smallest absolute Gasteiger partial charge is 0.231 e. The lowest BCUT2D eigenvalue weighted by Gasteiger charge is -2.16. The number of aromatic nitrogens is 3. The van der Waals surface area contributed by atoms with Gasteiger partial charge >= 0.3 is 0 Å². The maximum Gasteiger partial charge on any atom is 0.231 e. The van der Waals surface area contributed by atoms with Gasteiger partial charge in [0.25, 0.3) is 0 Å². The molecular formula is C19H26N6O4. The molecule has 0 radical (unpaired) electrons. The normalized spacial score (nSPS) is 22.7. The molecule has 3 heterocycles. The molecule has 0 aliphatic carbocycles. The van der Waals surface area contributed by atoms with Crippen molar-refractivity contribution >= 4 is 29.3 Å². The second-order valence-electron chi connectivity index (χ2n) is 7.58. The first-order valence-electron chi connectivity index (χ1n) is 9.95. The van der Waals surface area contributed by atoms with E-state index in [1.807, 2.05) is 0 Å². The van der Waals surface area contributed by atoms with Crippen molar-refractivity contribution in [3.8, 4) is 0 Å². The summed E-state index contributed by atoms with van der Waals surface area (Å²) >= 11 is 0. The maximum atomic E-state index is 13.0. The minimum atomic E-state index is -0.890. The van der Waals surface area contributed by atoms with Crippen molar-refractivity contribution in [3.63, 3.8) is 0 Å². The molecule has 10 heteroatoms. The lowest BCUT2D eigenvalue weighted by Crippen LogP contribution is -2.36. The fraction of sp³-hybridized carbons (Fsp3) is 0.632. The monoisotopic (exact) mass is 402 g/mol. The van der Waals surface area contributed by atoms with E-state index in [-0.39, 0.29) is 29.4 Å². The van der Waals surface area contributed by atoms with Gasteiger partial charge in [0.05, 0.1) is 0 Å². The molecule has 29 heavy (non-hydrogen) atoms. The molecule has 2 amide bonds. The summed E-state index contributed by atoms with van der Waals surface area (Å²) in [6, 6.07) is 0. The van der Waals surface area contributed by atoms with E-state index in [1.54, 1.807) is 19.0 Å². The van der Waals surface area contributed by atoms with Crippen LogP contribution in [-0.4, -0.2) is 65.5 Å². The highest BCUT2D eigenvalue weighted by Gasteiger charge is 2.34. The zero-order valence-electron chi connectivity index (χ0n) is 16.7. The van der Waals surface area contributed by atoms with Crippen LogP contribution in [0.25, 0.3) is 0 Å².